The highest BCUT2D eigenvalue weighted by molar-refractivity contribution is 5.90. The number of hydrogen-bond donors (Lipinski definition) is 2. The van der Waals surface area contributed by atoms with Gasteiger partial charge in [0.1, 0.15) is 12.7 Å². The van der Waals surface area contributed by atoms with Crippen molar-refractivity contribution in [1.82, 2.24) is 14.8 Å². The molecule has 1 fully saturated rings. The maximum Gasteiger partial charge on any atom is 0.224 e. The van der Waals surface area contributed by atoms with Gasteiger partial charge < -0.3 is 11.1 Å². The minimum absolute atomic E-state index is 0. The Hall–Kier alpha value is -1.63. The summed E-state index contributed by atoms with van der Waals surface area (Å²) in [6, 6.07) is 7.99. The Morgan fingerprint density at radius 3 is 2.56 bits per heavy atom. The van der Waals surface area contributed by atoms with Crippen molar-refractivity contribution < 1.29 is 4.79 Å². The lowest BCUT2D eigenvalue weighted by atomic mass is 9.83. The van der Waals surface area contributed by atoms with Crippen LogP contribution in [0, 0.1) is 5.92 Å². The molecule has 1 aromatic heterocycles. The van der Waals surface area contributed by atoms with Crippen molar-refractivity contribution in [2.75, 3.05) is 5.32 Å². The van der Waals surface area contributed by atoms with E-state index in [1.54, 1.807) is 11.0 Å². The van der Waals surface area contributed by atoms with Crippen LogP contribution >= 0.6 is 24.8 Å². The van der Waals surface area contributed by atoms with Crippen LogP contribution in [0.25, 0.3) is 0 Å². The molecule has 1 aliphatic rings. The highest BCUT2D eigenvalue weighted by Crippen LogP contribution is 2.26. The van der Waals surface area contributed by atoms with Crippen LogP contribution in [0.4, 0.5) is 5.69 Å². The van der Waals surface area contributed by atoms with Gasteiger partial charge in [-0.1, -0.05) is 25.0 Å². The number of hydrogen-bond acceptors (Lipinski definition) is 4. The van der Waals surface area contributed by atoms with Gasteiger partial charge in [0.15, 0.2) is 0 Å². The highest BCUT2D eigenvalue weighted by Gasteiger charge is 2.24. The third kappa shape index (κ3) is 6.30. The summed E-state index contributed by atoms with van der Waals surface area (Å²) in [5.41, 5.74) is 8.05. The highest BCUT2D eigenvalue weighted by atomic mass is 35.5. The van der Waals surface area contributed by atoms with Crippen molar-refractivity contribution >= 4 is 36.4 Å². The van der Waals surface area contributed by atoms with E-state index in [4.69, 9.17) is 5.73 Å². The predicted octanol–water partition coefficient (Wildman–Crippen LogP) is 3.02. The van der Waals surface area contributed by atoms with Crippen LogP contribution in [0.15, 0.2) is 36.9 Å². The summed E-state index contributed by atoms with van der Waals surface area (Å²) in [6.07, 6.45) is 8.19. The number of halogens is 2. The minimum Gasteiger partial charge on any atom is -0.327 e. The molecule has 1 amide bonds. The maximum atomic E-state index is 12.2. The Bertz CT molecular complexity index is 633. The number of nitrogens with one attached hydrogen (secondary N) is 1. The minimum atomic E-state index is 0. The van der Waals surface area contributed by atoms with Gasteiger partial charge in [-0.15, -0.1) is 24.8 Å². The molecular formula is C17H25Cl2N5O. The molecule has 1 heterocycles. The normalized spacial score (nSPS) is 19.4. The van der Waals surface area contributed by atoms with E-state index in [1.807, 2.05) is 24.3 Å². The van der Waals surface area contributed by atoms with Crippen LogP contribution in [-0.4, -0.2) is 26.7 Å². The lowest BCUT2D eigenvalue weighted by Gasteiger charge is -2.27. The Morgan fingerprint density at radius 2 is 1.92 bits per heavy atom. The number of nitrogens with zero attached hydrogens (tertiary/aromatic N) is 3. The zero-order valence-electron chi connectivity index (χ0n) is 14.0. The number of rotatable bonds is 5. The van der Waals surface area contributed by atoms with E-state index in [-0.39, 0.29) is 36.8 Å². The van der Waals surface area contributed by atoms with E-state index in [1.165, 1.54) is 19.2 Å². The Kier molecular flexibility index (Phi) is 8.89. The summed E-state index contributed by atoms with van der Waals surface area (Å²) in [5, 5.41) is 7.04. The summed E-state index contributed by atoms with van der Waals surface area (Å²) in [5.74, 6) is 0.367. The first kappa shape index (κ1) is 21.4. The smallest absolute Gasteiger partial charge is 0.224 e. The van der Waals surface area contributed by atoms with Crippen LogP contribution in [0.2, 0.25) is 0 Å². The summed E-state index contributed by atoms with van der Waals surface area (Å²) in [6.45, 7) is 0.672. The first-order valence-electron chi connectivity index (χ1n) is 8.17. The van der Waals surface area contributed by atoms with Crippen molar-refractivity contribution in [2.45, 2.75) is 44.7 Å². The molecule has 0 saturated heterocycles. The molecule has 6 nitrogen and oxygen atoms in total. The van der Waals surface area contributed by atoms with Gasteiger partial charge in [0.05, 0.1) is 6.54 Å². The molecule has 1 aromatic carbocycles. The summed E-state index contributed by atoms with van der Waals surface area (Å²) < 4.78 is 1.76. The van der Waals surface area contributed by atoms with Gasteiger partial charge in [-0.25, -0.2) is 9.67 Å². The fourth-order valence-corrected chi connectivity index (χ4v) is 3.13. The first-order chi connectivity index (χ1) is 11.2. The zero-order valence-corrected chi connectivity index (χ0v) is 15.6. The largest absolute Gasteiger partial charge is 0.327 e. The molecular weight excluding hydrogens is 361 g/mol. The van der Waals surface area contributed by atoms with Gasteiger partial charge in [-0.3, -0.25) is 4.79 Å². The third-order valence-corrected chi connectivity index (χ3v) is 4.46. The Morgan fingerprint density at radius 1 is 1.20 bits per heavy atom. The second kappa shape index (κ2) is 10.4. The van der Waals surface area contributed by atoms with Gasteiger partial charge in [0.25, 0.3) is 0 Å². The molecule has 138 valence electrons. The van der Waals surface area contributed by atoms with Crippen LogP contribution in [-0.2, 0) is 11.3 Å². The first-order valence-corrected chi connectivity index (χ1v) is 8.17. The van der Waals surface area contributed by atoms with E-state index < -0.39 is 0 Å². The lowest BCUT2D eigenvalue weighted by molar-refractivity contribution is -0.117. The lowest BCUT2D eigenvalue weighted by Crippen LogP contribution is -2.35. The quantitative estimate of drug-likeness (QED) is 0.827. The molecule has 3 rings (SSSR count). The van der Waals surface area contributed by atoms with E-state index in [9.17, 15) is 4.79 Å². The van der Waals surface area contributed by atoms with E-state index >= 15 is 0 Å². The summed E-state index contributed by atoms with van der Waals surface area (Å²) in [4.78, 5) is 16.1. The van der Waals surface area contributed by atoms with E-state index in [0.717, 1.165) is 24.1 Å². The number of anilines is 1. The van der Waals surface area contributed by atoms with Gasteiger partial charge in [-0.05, 0) is 36.5 Å². The van der Waals surface area contributed by atoms with Crippen molar-refractivity contribution in [1.29, 1.82) is 0 Å². The summed E-state index contributed by atoms with van der Waals surface area (Å²) in [7, 11) is 0. The Labute approximate surface area is 160 Å². The number of aromatic nitrogens is 3. The van der Waals surface area contributed by atoms with Crippen molar-refractivity contribution in [3.8, 4) is 0 Å². The fraction of sp³-hybridized carbons (Fsp3) is 0.471. The average molecular weight is 386 g/mol. The number of benzene rings is 1. The third-order valence-electron chi connectivity index (χ3n) is 4.46. The summed E-state index contributed by atoms with van der Waals surface area (Å²) >= 11 is 0. The molecule has 8 heteroatoms. The molecule has 1 aliphatic carbocycles. The second-order valence-electron chi connectivity index (χ2n) is 6.25. The average Bonchev–Trinajstić information content (AvgIpc) is 3.04. The zero-order chi connectivity index (χ0) is 16.1. The standard InChI is InChI=1S/C17H23N5O.2ClH/c18-16-4-2-1-3-14(16)9-17(23)21-15-7-5-13(6-8-15)10-22-12-19-11-20-22;;/h5-8,11-12,14,16H,1-4,9-10,18H2,(H,21,23);2*1H. The van der Waals surface area contributed by atoms with Crippen LogP contribution < -0.4 is 11.1 Å². The molecule has 1 saturated carbocycles. The molecule has 0 spiro atoms. The maximum absolute atomic E-state index is 12.2. The second-order valence-corrected chi connectivity index (χ2v) is 6.25. The monoisotopic (exact) mass is 385 g/mol. The SMILES string of the molecule is Cl.Cl.NC1CCCCC1CC(=O)Nc1ccc(Cn2cncn2)cc1. The van der Waals surface area contributed by atoms with E-state index in [0.29, 0.717) is 18.9 Å². The molecule has 0 aliphatic heterocycles. The molecule has 2 aromatic rings. The number of carbonyl (C=O) groups is 1. The van der Waals surface area contributed by atoms with Crippen LogP contribution in [0.3, 0.4) is 0 Å². The van der Waals surface area contributed by atoms with Gasteiger partial charge >= 0.3 is 0 Å². The fourth-order valence-electron chi connectivity index (χ4n) is 3.13. The number of carbonyl (C=O) groups excluding carboxylic acids is 1. The molecule has 2 unspecified atom stereocenters. The number of nitrogens with two attached hydrogens (primary N) is 1. The molecule has 0 radical (unpaired) electrons. The van der Waals surface area contributed by atoms with Crippen molar-refractivity contribution in [3.63, 3.8) is 0 Å². The molecule has 0 bridgehead atoms. The predicted molar refractivity (Wildman–Crippen MR) is 103 cm³/mol. The van der Waals surface area contributed by atoms with Gasteiger partial charge in [0.2, 0.25) is 5.91 Å². The van der Waals surface area contributed by atoms with Crippen molar-refractivity contribution in [2.24, 2.45) is 11.7 Å². The van der Waals surface area contributed by atoms with Crippen LogP contribution in [0.5, 0.6) is 0 Å². The van der Waals surface area contributed by atoms with Crippen molar-refractivity contribution in [3.05, 3.63) is 42.5 Å². The van der Waals surface area contributed by atoms with Crippen LogP contribution in [0.1, 0.15) is 37.7 Å². The topological polar surface area (TPSA) is 85.8 Å². The van der Waals surface area contributed by atoms with Gasteiger partial charge in [-0.2, -0.15) is 5.10 Å². The Balaban J connectivity index is 0.00000156. The molecule has 3 N–H and O–H groups in total. The van der Waals surface area contributed by atoms with E-state index in [2.05, 4.69) is 15.4 Å². The molecule has 25 heavy (non-hydrogen) atoms. The number of amides is 1. The van der Waals surface area contributed by atoms with Gasteiger partial charge in [0, 0.05) is 18.2 Å². The molecule has 2 atom stereocenters.